The fourth-order valence-corrected chi connectivity index (χ4v) is 2.06. The highest BCUT2D eigenvalue weighted by molar-refractivity contribution is 5.62. The largest absolute Gasteiger partial charge is 0.493 e. The highest BCUT2D eigenvalue weighted by Gasteiger charge is 2.14. The molecule has 4 heteroatoms. The summed E-state index contributed by atoms with van der Waals surface area (Å²) in [5.74, 6) is 1.82. The molecule has 1 aromatic heterocycles. The molecule has 17 heavy (non-hydrogen) atoms. The van der Waals surface area contributed by atoms with Crippen LogP contribution in [0.4, 0.5) is 0 Å². The Hall–Kier alpha value is -1.81. The fourth-order valence-electron chi connectivity index (χ4n) is 2.06. The van der Waals surface area contributed by atoms with Gasteiger partial charge in [-0.05, 0) is 30.3 Å². The molecule has 1 aliphatic heterocycles. The van der Waals surface area contributed by atoms with Gasteiger partial charge in [0, 0.05) is 24.5 Å². The predicted molar refractivity (Wildman–Crippen MR) is 63.9 cm³/mol. The molecule has 2 N–H and O–H groups in total. The third-order valence-corrected chi connectivity index (χ3v) is 2.93. The van der Waals surface area contributed by atoms with Crippen molar-refractivity contribution in [3.63, 3.8) is 0 Å². The Morgan fingerprint density at radius 3 is 3.12 bits per heavy atom. The molecular formula is C13H14N2O2. The third kappa shape index (κ3) is 1.91. The molecule has 1 aromatic carbocycles. The van der Waals surface area contributed by atoms with Gasteiger partial charge in [0.2, 0.25) is 0 Å². The van der Waals surface area contributed by atoms with Crippen molar-refractivity contribution in [2.75, 3.05) is 13.2 Å². The molecule has 0 bridgehead atoms. The van der Waals surface area contributed by atoms with E-state index in [-0.39, 0.29) is 0 Å². The highest BCUT2D eigenvalue weighted by Crippen LogP contribution is 2.30. The third-order valence-electron chi connectivity index (χ3n) is 2.93. The smallest absolute Gasteiger partial charge is 0.138 e. The molecule has 0 radical (unpaired) electrons. The van der Waals surface area contributed by atoms with Crippen molar-refractivity contribution >= 4 is 0 Å². The lowest BCUT2D eigenvalue weighted by Gasteiger charge is -2.00. The number of ether oxygens (including phenoxy) is 1. The van der Waals surface area contributed by atoms with E-state index in [1.807, 2.05) is 18.2 Å². The van der Waals surface area contributed by atoms with E-state index in [2.05, 4.69) is 11.2 Å². The van der Waals surface area contributed by atoms with Gasteiger partial charge in [0.25, 0.3) is 0 Å². The number of rotatable bonds is 3. The number of aromatic nitrogens is 1. The normalized spacial score (nSPS) is 13.5. The van der Waals surface area contributed by atoms with Crippen LogP contribution in [0.25, 0.3) is 11.3 Å². The summed E-state index contributed by atoms with van der Waals surface area (Å²) < 4.78 is 10.7. The molecule has 2 heterocycles. The van der Waals surface area contributed by atoms with Gasteiger partial charge in [-0.15, -0.1) is 0 Å². The van der Waals surface area contributed by atoms with Crippen LogP contribution in [0.15, 0.2) is 28.8 Å². The average Bonchev–Trinajstić information content (AvgIpc) is 2.96. The van der Waals surface area contributed by atoms with E-state index in [0.717, 1.165) is 42.2 Å². The van der Waals surface area contributed by atoms with Crippen molar-refractivity contribution < 1.29 is 9.26 Å². The number of benzene rings is 1. The van der Waals surface area contributed by atoms with Crippen LogP contribution in [0.1, 0.15) is 11.3 Å². The summed E-state index contributed by atoms with van der Waals surface area (Å²) in [6.07, 6.45) is 1.69. The Bertz CT molecular complexity index is 534. The maximum atomic E-state index is 5.48. The zero-order valence-electron chi connectivity index (χ0n) is 9.48. The lowest BCUT2D eigenvalue weighted by molar-refractivity contribution is 0.357. The van der Waals surface area contributed by atoms with Crippen molar-refractivity contribution in [2.45, 2.75) is 12.8 Å². The van der Waals surface area contributed by atoms with Crippen LogP contribution in [-0.4, -0.2) is 18.3 Å². The van der Waals surface area contributed by atoms with Gasteiger partial charge in [-0.3, -0.25) is 0 Å². The van der Waals surface area contributed by atoms with Crippen molar-refractivity contribution in [1.29, 1.82) is 0 Å². The van der Waals surface area contributed by atoms with Gasteiger partial charge < -0.3 is 15.0 Å². The van der Waals surface area contributed by atoms with Crippen LogP contribution in [0.3, 0.4) is 0 Å². The number of nitrogens with two attached hydrogens (primary N) is 1. The quantitative estimate of drug-likeness (QED) is 0.873. The van der Waals surface area contributed by atoms with Gasteiger partial charge in [-0.2, -0.15) is 0 Å². The molecule has 0 saturated carbocycles. The summed E-state index contributed by atoms with van der Waals surface area (Å²) in [7, 11) is 0. The minimum Gasteiger partial charge on any atom is -0.493 e. The van der Waals surface area contributed by atoms with Crippen LogP contribution in [0.2, 0.25) is 0 Å². The molecular weight excluding hydrogens is 216 g/mol. The number of hydrogen-bond donors (Lipinski definition) is 1. The molecule has 0 aliphatic carbocycles. The van der Waals surface area contributed by atoms with Crippen LogP contribution in [0, 0.1) is 0 Å². The maximum Gasteiger partial charge on any atom is 0.138 e. The summed E-state index contributed by atoms with van der Waals surface area (Å²) >= 11 is 0. The number of nitrogens with zero attached hydrogens (tertiary/aromatic N) is 1. The SMILES string of the molecule is NCCc1cc(-c2ccc3c(c2)CCO3)no1. The lowest BCUT2D eigenvalue weighted by atomic mass is 10.1. The van der Waals surface area contributed by atoms with Crippen LogP contribution >= 0.6 is 0 Å². The van der Waals surface area contributed by atoms with Gasteiger partial charge in [0.1, 0.15) is 17.2 Å². The van der Waals surface area contributed by atoms with Crippen LogP contribution < -0.4 is 10.5 Å². The fraction of sp³-hybridized carbons (Fsp3) is 0.308. The summed E-state index contributed by atoms with van der Waals surface area (Å²) in [6, 6.07) is 8.07. The first-order valence-corrected chi connectivity index (χ1v) is 5.78. The van der Waals surface area contributed by atoms with E-state index < -0.39 is 0 Å². The maximum absolute atomic E-state index is 5.48. The van der Waals surface area contributed by atoms with Gasteiger partial charge in [-0.1, -0.05) is 5.16 Å². The molecule has 0 spiro atoms. The van der Waals surface area contributed by atoms with E-state index in [0.29, 0.717) is 6.54 Å². The molecule has 0 atom stereocenters. The van der Waals surface area contributed by atoms with E-state index in [1.165, 1.54) is 5.56 Å². The second-order valence-corrected chi connectivity index (χ2v) is 4.14. The molecule has 0 amide bonds. The zero-order valence-corrected chi connectivity index (χ0v) is 9.48. The van der Waals surface area contributed by atoms with Gasteiger partial charge >= 0.3 is 0 Å². The average molecular weight is 230 g/mol. The second-order valence-electron chi connectivity index (χ2n) is 4.14. The molecule has 0 saturated heterocycles. The van der Waals surface area contributed by atoms with E-state index in [4.69, 9.17) is 15.0 Å². The lowest BCUT2D eigenvalue weighted by Crippen LogP contribution is -2.01. The summed E-state index contributed by atoms with van der Waals surface area (Å²) in [4.78, 5) is 0. The van der Waals surface area contributed by atoms with Crippen molar-refractivity contribution in [3.8, 4) is 17.0 Å². The number of hydrogen-bond acceptors (Lipinski definition) is 4. The van der Waals surface area contributed by atoms with Crippen molar-refractivity contribution in [2.24, 2.45) is 5.73 Å². The molecule has 2 aromatic rings. The Labute approximate surface area is 99.4 Å². The highest BCUT2D eigenvalue weighted by atomic mass is 16.5. The minimum absolute atomic E-state index is 0.576. The van der Waals surface area contributed by atoms with Crippen LogP contribution in [-0.2, 0) is 12.8 Å². The molecule has 88 valence electrons. The van der Waals surface area contributed by atoms with E-state index in [9.17, 15) is 0 Å². The number of fused-ring (bicyclic) bond motifs is 1. The monoisotopic (exact) mass is 230 g/mol. The Balaban J connectivity index is 1.92. The summed E-state index contributed by atoms with van der Waals surface area (Å²) in [5, 5.41) is 4.06. The summed E-state index contributed by atoms with van der Waals surface area (Å²) in [5.41, 5.74) is 8.65. The Morgan fingerprint density at radius 2 is 2.24 bits per heavy atom. The predicted octanol–water partition coefficient (Wildman–Crippen LogP) is 1.78. The van der Waals surface area contributed by atoms with Gasteiger partial charge in [-0.25, -0.2) is 0 Å². The van der Waals surface area contributed by atoms with Crippen LogP contribution in [0.5, 0.6) is 5.75 Å². The first-order valence-electron chi connectivity index (χ1n) is 5.78. The molecule has 1 aliphatic rings. The molecule has 4 nitrogen and oxygen atoms in total. The van der Waals surface area contributed by atoms with E-state index >= 15 is 0 Å². The Kier molecular flexibility index (Phi) is 2.57. The first kappa shape index (κ1) is 10.4. The standard InChI is InChI=1S/C13H14N2O2/c14-5-3-11-8-12(15-17-11)9-1-2-13-10(7-9)4-6-16-13/h1-2,7-8H,3-6,14H2. The van der Waals surface area contributed by atoms with Crippen molar-refractivity contribution in [1.82, 2.24) is 5.16 Å². The molecule has 3 rings (SSSR count). The molecule has 0 fully saturated rings. The van der Waals surface area contributed by atoms with Crippen molar-refractivity contribution in [3.05, 3.63) is 35.6 Å². The first-order chi connectivity index (χ1) is 8.36. The minimum atomic E-state index is 0.576. The topological polar surface area (TPSA) is 61.3 Å². The van der Waals surface area contributed by atoms with Gasteiger partial charge in [0.05, 0.1) is 6.61 Å². The van der Waals surface area contributed by atoms with E-state index in [1.54, 1.807) is 0 Å². The summed E-state index contributed by atoms with van der Waals surface area (Å²) in [6.45, 7) is 1.35. The second kappa shape index (κ2) is 4.22. The Morgan fingerprint density at radius 1 is 1.29 bits per heavy atom. The zero-order chi connectivity index (χ0) is 11.7. The molecule has 0 unspecified atom stereocenters. The van der Waals surface area contributed by atoms with Gasteiger partial charge in [0.15, 0.2) is 0 Å².